The van der Waals surface area contributed by atoms with E-state index in [4.69, 9.17) is 19.8 Å². The van der Waals surface area contributed by atoms with Crippen LogP contribution in [0, 0.1) is 11.3 Å². The number of nitriles is 1. The second-order valence-corrected chi connectivity index (χ2v) is 4.88. The molecule has 0 radical (unpaired) electrons. The van der Waals surface area contributed by atoms with Gasteiger partial charge in [0.15, 0.2) is 11.5 Å². The molecular formula is C15H10BrNO4. The number of halogens is 1. The molecule has 0 aliphatic rings. The van der Waals surface area contributed by atoms with Crippen molar-refractivity contribution in [3.63, 3.8) is 0 Å². The van der Waals surface area contributed by atoms with Gasteiger partial charge in [-0.05, 0) is 52.3 Å². The SMILES string of the molecule is COc1ccc(C(=O)O)cc1Oc1ccc(C#N)cc1Br. The van der Waals surface area contributed by atoms with Gasteiger partial charge in [0.25, 0.3) is 0 Å². The maximum absolute atomic E-state index is 11.0. The molecule has 0 amide bonds. The van der Waals surface area contributed by atoms with Gasteiger partial charge in [-0.2, -0.15) is 5.26 Å². The zero-order valence-electron chi connectivity index (χ0n) is 11.0. The number of ether oxygens (including phenoxy) is 2. The average molecular weight is 348 g/mol. The van der Waals surface area contributed by atoms with Gasteiger partial charge in [0.2, 0.25) is 0 Å². The van der Waals surface area contributed by atoms with Crippen LogP contribution < -0.4 is 9.47 Å². The van der Waals surface area contributed by atoms with Gasteiger partial charge in [-0.15, -0.1) is 0 Å². The fraction of sp³-hybridized carbons (Fsp3) is 0.0667. The lowest BCUT2D eigenvalue weighted by atomic mass is 10.2. The number of hydrogen-bond acceptors (Lipinski definition) is 4. The van der Waals surface area contributed by atoms with Gasteiger partial charge in [-0.1, -0.05) is 0 Å². The van der Waals surface area contributed by atoms with E-state index in [1.165, 1.54) is 25.3 Å². The molecule has 0 bridgehead atoms. The zero-order chi connectivity index (χ0) is 15.4. The average Bonchev–Trinajstić information content (AvgIpc) is 2.49. The van der Waals surface area contributed by atoms with Crippen molar-refractivity contribution in [1.29, 1.82) is 5.26 Å². The van der Waals surface area contributed by atoms with Gasteiger partial charge in [0.1, 0.15) is 5.75 Å². The van der Waals surface area contributed by atoms with Crippen LogP contribution in [0.4, 0.5) is 0 Å². The van der Waals surface area contributed by atoms with E-state index in [9.17, 15) is 4.79 Å². The Bertz CT molecular complexity index is 737. The maximum atomic E-state index is 11.0. The van der Waals surface area contributed by atoms with Crippen molar-refractivity contribution in [3.8, 4) is 23.3 Å². The highest BCUT2D eigenvalue weighted by Crippen LogP contribution is 2.36. The van der Waals surface area contributed by atoms with Crippen molar-refractivity contribution in [2.24, 2.45) is 0 Å². The van der Waals surface area contributed by atoms with Crippen LogP contribution in [0.3, 0.4) is 0 Å². The Morgan fingerprint density at radius 2 is 1.90 bits per heavy atom. The van der Waals surface area contributed by atoms with E-state index in [1.807, 2.05) is 6.07 Å². The third-order valence-electron chi connectivity index (χ3n) is 2.69. The van der Waals surface area contributed by atoms with E-state index in [-0.39, 0.29) is 11.3 Å². The summed E-state index contributed by atoms with van der Waals surface area (Å²) < 4.78 is 11.4. The van der Waals surface area contributed by atoms with E-state index in [2.05, 4.69) is 15.9 Å². The second kappa shape index (κ2) is 6.29. The molecule has 0 saturated carbocycles. The molecule has 21 heavy (non-hydrogen) atoms. The molecule has 2 aromatic carbocycles. The van der Waals surface area contributed by atoms with Crippen molar-refractivity contribution < 1.29 is 19.4 Å². The number of methoxy groups -OCH3 is 1. The number of aromatic carboxylic acids is 1. The van der Waals surface area contributed by atoms with Crippen LogP contribution in [0.25, 0.3) is 0 Å². The summed E-state index contributed by atoms with van der Waals surface area (Å²) >= 11 is 3.31. The number of benzene rings is 2. The monoisotopic (exact) mass is 347 g/mol. The Labute approximate surface area is 129 Å². The first-order valence-electron chi connectivity index (χ1n) is 5.84. The van der Waals surface area contributed by atoms with Crippen LogP contribution in [0.5, 0.6) is 17.2 Å². The van der Waals surface area contributed by atoms with Gasteiger partial charge >= 0.3 is 5.97 Å². The fourth-order valence-corrected chi connectivity index (χ4v) is 2.12. The highest BCUT2D eigenvalue weighted by molar-refractivity contribution is 9.10. The van der Waals surface area contributed by atoms with Crippen LogP contribution >= 0.6 is 15.9 Å². The van der Waals surface area contributed by atoms with E-state index in [1.54, 1.807) is 18.2 Å². The molecular weight excluding hydrogens is 338 g/mol. The summed E-state index contributed by atoms with van der Waals surface area (Å²) in [5, 5.41) is 17.8. The van der Waals surface area contributed by atoms with Crippen LogP contribution in [0.15, 0.2) is 40.9 Å². The van der Waals surface area contributed by atoms with Crippen LogP contribution in [-0.4, -0.2) is 18.2 Å². The Kier molecular flexibility index (Phi) is 4.45. The number of carbonyl (C=O) groups is 1. The predicted molar refractivity (Wildman–Crippen MR) is 78.9 cm³/mol. The van der Waals surface area contributed by atoms with Gasteiger partial charge in [-0.3, -0.25) is 0 Å². The molecule has 0 aliphatic carbocycles. The Morgan fingerprint density at radius 3 is 2.48 bits per heavy atom. The summed E-state index contributed by atoms with van der Waals surface area (Å²) in [7, 11) is 1.47. The number of carboxylic acid groups (broad SMARTS) is 1. The topological polar surface area (TPSA) is 79.6 Å². The predicted octanol–water partition coefficient (Wildman–Crippen LogP) is 3.82. The minimum absolute atomic E-state index is 0.0931. The standard InChI is InChI=1S/C15H10BrNO4/c1-20-13-5-3-10(15(18)19)7-14(13)21-12-4-2-9(8-17)6-11(12)16/h2-7H,1H3,(H,18,19). The first-order valence-corrected chi connectivity index (χ1v) is 6.63. The molecule has 0 aliphatic heterocycles. The van der Waals surface area contributed by atoms with Crippen LogP contribution in [0.2, 0.25) is 0 Å². The van der Waals surface area contributed by atoms with Crippen molar-refractivity contribution in [2.75, 3.05) is 7.11 Å². The maximum Gasteiger partial charge on any atom is 0.335 e. The fourth-order valence-electron chi connectivity index (χ4n) is 1.66. The van der Waals surface area contributed by atoms with Gasteiger partial charge < -0.3 is 14.6 Å². The van der Waals surface area contributed by atoms with E-state index >= 15 is 0 Å². The number of carboxylic acids is 1. The highest BCUT2D eigenvalue weighted by Gasteiger charge is 2.12. The molecule has 5 nitrogen and oxygen atoms in total. The molecule has 0 heterocycles. The molecule has 2 aromatic rings. The van der Waals surface area contributed by atoms with Crippen molar-refractivity contribution in [2.45, 2.75) is 0 Å². The molecule has 106 valence electrons. The van der Waals surface area contributed by atoms with E-state index in [0.717, 1.165) is 0 Å². The minimum Gasteiger partial charge on any atom is -0.493 e. The molecule has 1 N–H and O–H groups in total. The van der Waals surface area contributed by atoms with Gasteiger partial charge in [0, 0.05) is 0 Å². The quantitative estimate of drug-likeness (QED) is 0.909. The first-order chi connectivity index (χ1) is 10.0. The largest absolute Gasteiger partial charge is 0.493 e. The number of rotatable bonds is 4. The lowest BCUT2D eigenvalue weighted by Crippen LogP contribution is -1.98. The Morgan fingerprint density at radius 1 is 1.19 bits per heavy atom. The van der Waals surface area contributed by atoms with Gasteiger partial charge in [0.05, 0.1) is 28.8 Å². The summed E-state index contributed by atoms with van der Waals surface area (Å²) in [5.41, 5.74) is 0.580. The summed E-state index contributed by atoms with van der Waals surface area (Å²) in [5.74, 6) is 0.0929. The molecule has 0 aromatic heterocycles. The summed E-state index contributed by atoms with van der Waals surface area (Å²) in [4.78, 5) is 11.0. The second-order valence-electron chi connectivity index (χ2n) is 4.03. The molecule has 0 unspecified atom stereocenters. The molecule has 0 fully saturated rings. The first kappa shape index (κ1) is 14.9. The van der Waals surface area contributed by atoms with Crippen LogP contribution in [-0.2, 0) is 0 Å². The minimum atomic E-state index is -1.05. The van der Waals surface area contributed by atoms with Crippen molar-refractivity contribution in [1.82, 2.24) is 0 Å². The Hall–Kier alpha value is -2.52. The summed E-state index contributed by atoms with van der Waals surface area (Å²) in [6, 6.07) is 11.2. The summed E-state index contributed by atoms with van der Waals surface area (Å²) in [6.07, 6.45) is 0. The highest BCUT2D eigenvalue weighted by atomic mass is 79.9. The number of nitrogens with zero attached hydrogens (tertiary/aromatic N) is 1. The lowest BCUT2D eigenvalue weighted by Gasteiger charge is -2.12. The Balaban J connectivity index is 2.40. The third kappa shape index (κ3) is 3.33. The summed E-state index contributed by atoms with van der Waals surface area (Å²) in [6.45, 7) is 0. The van der Waals surface area contributed by atoms with Gasteiger partial charge in [-0.25, -0.2) is 4.79 Å². The third-order valence-corrected chi connectivity index (χ3v) is 3.31. The smallest absolute Gasteiger partial charge is 0.335 e. The molecule has 6 heteroatoms. The lowest BCUT2D eigenvalue weighted by molar-refractivity contribution is 0.0696. The van der Waals surface area contributed by atoms with Crippen molar-refractivity contribution >= 4 is 21.9 Å². The normalized spacial score (nSPS) is 9.76. The van der Waals surface area contributed by atoms with E-state index < -0.39 is 5.97 Å². The molecule has 2 rings (SSSR count). The zero-order valence-corrected chi connectivity index (χ0v) is 12.5. The van der Waals surface area contributed by atoms with E-state index in [0.29, 0.717) is 21.5 Å². The number of hydrogen-bond donors (Lipinski definition) is 1. The molecule has 0 spiro atoms. The molecule has 0 saturated heterocycles. The van der Waals surface area contributed by atoms with Crippen molar-refractivity contribution in [3.05, 3.63) is 52.0 Å². The van der Waals surface area contributed by atoms with Crippen LogP contribution in [0.1, 0.15) is 15.9 Å². The molecule has 0 atom stereocenters.